The molecule has 2 heterocycles. The number of carbonyl (C=O) groups excluding carboxylic acids is 1. The minimum Gasteiger partial charge on any atom is -0.311 e. The molecule has 26 heavy (non-hydrogen) atoms. The summed E-state index contributed by atoms with van der Waals surface area (Å²) in [6.07, 6.45) is 2.77. The van der Waals surface area contributed by atoms with Crippen LogP contribution in [0.15, 0.2) is 41.3 Å². The van der Waals surface area contributed by atoms with E-state index >= 15 is 0 Å². The van der Waals surface area contributed by atoms with Crippen molar-refractivity contribution in [3.8, 4) is 0 Å². The first-order valence-corrected chi connectivity index (χ1v) is 9.04. The summed E-state index contributed by atoms with van der Waals surface area (Å²) >= 11 is 0. The summed E-state index contributed by atoms with van der Waals surface area (Å²) in [5.41, 5.74) is 1.72. The van der Waals surface area contributed by atoms with Crippen molar-refractivity contribution >= 4 is 22.8 Å². The van der Waals surface area contributed by atoms with Crippen LogP contribution in [-0.4, -0.2) is 24.8 Å². The number of nitrogens with zero attached hydrogens (tertiary/aromatic N) is 4. The van der Waals surface area contributed by atoms with Crippen LogP contribution in [0.4, 0.5) is 5.82 Å². The molecule has 0 spiro atoms. The quantitative estimate of drug-likeness (QED) is 0.708. The van der Waals surface area contributed by atoms with E-state index in [1.165, 1.54) is 0 Å². The number of anilines is 1. The highest BCUT2D eigenvalue weighted by molar-refractivity contribution is 5.89. The first kappa shape index (κ1) is 18.0. The summed E-state index contributed by atoms with van der Waals surface area (Å²) in [5, 5.41) is 7.09. The standard InChI is InChI=1S/C19H25N5O2/c1-4-12-22-15-7-5-6-8-16(15)23(19(22)26)13-10-18(25)21-17-9-11-20-24(17)14(2)3/h5-9,11,14H,4,10,12-13H2,1-3H3,(H,21,25). The third kappa shape index (κ3) is 3.42. The Kier molecular flexibility index (Phi) is 5.25. The molecule has 0 unspecified atom stereocenters. The van der Waals surface area contributed by atoms with Crippen molar-refractivity contribution in [3.63, 3.8) is 0 Å². The molecule has 2 aromatic heterocycles. The number of carbonyl (C=O) groups is 1. The summed E-state index contributed by atoms with van der Waals surface area (Å²) in [6, 6.07) is 9.65. The van der Waals surface area contributed by atoms with Crippen LogP contribution in [0.25, 0.3) is 11.0 Å². The molecule has 3 rings (SSSR count). The van der Waals surface area contributed by atoms with Gasteiger partial charge in [0.2, 0.25) is 5.91 Å². The predicted octanol–water partition coefficient (Wildman–Crippen LogP) is 3.02. The second-order valence-electron chi connectivity index (χ2n) is 6.63. The van der Waals surface area contributed by atoms with Crippen molar-refractivity contribution in [2.75, 3.05) is 5.32 Å². The Labute approximate surface area is 152 Å². The average Bonchev–Trinajstić information content (AvgIpc) is 3.17. The first-order chi connectivity index (χ1) is 12.5. The Bertz CT molecular complexity index is 964. The van der Waals surface area contributed by atoms with Crippen LogP contribution in [0.5, 0.6) is 0 Å². The lowest BCUT2D eigenvalue weighted by atomic mass is 10.3. The van der Waals surface area contributed by atoms with Gasteiger partial charge in [-0.1, -0.05) is 19.1 Å². The van der Waals surface area contributed by atoms with Gasteiger partial charge < -0.3 is 5.32 Å². The number of hydrogen-bond acceptors (Lipinski definition) is 3. The zero-order valence-electron chi connectivity index (χ0n) is 15.5. The molecule has 0 radical (unpaired) electrons. The molecule has 1 aromatic carbocycles. The Morgan fingerprint density at radius 3 is 2.38 bits per heavy atom. The SMILES string of the molecule is CCCn1c(=O)n(CCC(=O)Nc2ccnn2C(C)C)c2ccccc21. The molecule has 0 saturated carbocycles. The molecule has 0 fully saturated rings. The Morgan fingerprint density at radius 1 is 1.12 bits per heavy atom. The fraction of sp³-hybridized carbons (Fsp3) is 0.421. The van der Waals surface area contributed by atoms with Crippen molar-refractivity contribution in [2.24, 2.45) is 0 Å². The lowest BCUT2D eigenvalue weighted by Crippen LogP contribution is -2.26. The number of amides is 1. The maximum Gasteiger partial charge on any atom is 0.329 e. The topological polar surface area (TPSA) is 73.8 Å². The highest BCUT2D eigenvalue weighted by atomic mass is 16.2. The zero-order chi connectivity index (χ0) is 18.7. The van der Waals surface area contributed by atoms with Crippen molar-refractivity contribution in [2.45, 2.75) is 52.7 Å². The van der Waals surface area contributed by atoms with Gasteiger partial charge in [-0.25, -0.2) is 9.48 Å². The molecule has 3 aromatic rings. The first-order valence-electron chi connectivity index (χ1n) is 9.04. The van der Waals surface area contributed by atoms with Crippen LogP contribution in [-0.2, 0) is 17.9 Å². The summed E-state index contributed by atoms with van der Waals surface area (Å²) in [5.74, 6) is 0.539. The number of imidazole rings is 1. The smallest absolute Gasteiger partial charge is 0.311 e. The minimum atomic E-state index is -0.133. The van der Waals surface area contributed by atoms with Gasteiger partial charge in [0.25, 0.3) is 0 Å². The highest BCUT2D eigenvalue weighted by Gasteiger charge is 2.14. The number of rotatable bonds is 7. The normalized spacial score (nSPS) is 11.4. The molecule has 138 valence electrons. The molecular formula is C19H25N5O2. The van der Waals surface area contributed by atoms with E-state index < -0.39 is 0 Å². The van der Waals surface area contributed by atoms with E-state index in [1.807, 2.05) is 45.0 Å². The van der Waals surface area contributed by atoms with Gasteiger partial charge in [0.1, 0.15) is 5.82 Å². The van der Waals surface area contributed by atoms with Gasteiger partial charge in [-0.3, -0.25) is 13.9 Å². The number of aryl methyl sites for hydroxylation is 2. The summed E-state index contributed by atoms with van der Waals surface area (Å²) < 4.78 is 5.22. The van der Waals surface area contributed by atoms with Crippen LogP contribution in [0.1, 0.15) is 39.7 Å². The van der Waals surface area contributed by atoms with Gasteiger partial charge in [-0.15, -0.1) is 0 Å². The van der Waals surface area contributed by atoms with E-state index in [2.05, 4.69) is 10.4 Å². The molecule has 0 saturated heterocycles. The molecule has 1 amide bonds. The predicted molar refractivity (Wildman–Crippen MR) is 102 cm³/mol. The fourth-order valence-corrected chi connectivity index (χ4v) is 3.17. The molecular weight excluding hydrogens is 330 g/mol. The lowest BCUT2D eigenvalue weighted by molar-refractivity contribution is -0.116. The molecule has 0 aliphatic heterocycles. The average molecular weight is 355 g/mol. The molecule has 7 heteroatoms. The van der Waals surface area contributed by atoms with Crippen LogP contribution < -0.4 is 11.0 Å². The van der Waals surface area contributed by atoms with Gasteiger partial charge >= 0.3 is 5.69 Å². The summed E-state index contributed by atoms with van der Waals surface area (Å²) in [7, 11) is 0. The van der Waals surface area contributed by atoms with Gasteiger partial charge in [0, 0.05) is 31.6 Å². The lowest BCUT2D eigenvalue weighted by Gasteiger charge is -2.11. The minimum absolute atomic E-state index is 0.0620. The Morgan fingerprint density at radius 2 is 1.77 bits per heavy atom. The number of nitrogens with one attached hydrogen (secondary N) is 1. The van der Waals surface area contributed by atoms with E-state index in [1.54, 1.807) is 26.1 Å². The van der Waals surface area contributed by atoms with E-state index in [0.717, 1.165) is 17.5 Å². The van der Waals surface area contributed by atoms with Gasteiger partial charge in [0.15, 0.2) is 0 Å². The van der Waals surface area contributed by atoms with Crippen LogP contribution in [0.2, 0.25) is 0 Å². The van der Waals surface area contributed by atoms with Gasteiger partial charge in [0.05, 0.1) is 17.2 Å². The Balaban J connectivity index is 1.77. The maximum atomic E-state index is 12.7. The van der Waals surface area contributed by atoms with Gasteiger partial charge in [-0.2, -0.15) is 5.10 Å². The summed E-state index contributed by atoms with van der Waals surface area (Å²) in [6.45, 7) is 7.07. The van der Waals surface area contributed by atoms with E-state index in [4.69, 9.17) is 0 Å². The second-order valence-corrected chi connectivity index (χ2v) is 6.63. The van der Waals surface area contributed by atoms with Crippen LogP contribution in [0, 0.1) is 0 Å². The molecule has 0 aliphatic rings. The highest BCUT2D eigenvalue weighted by Crippen LogP contribution is 2.15. The molecule has 0 bridgehead atoms. The fourth-order valence-electron chi connectivity index (χ4n) is 3.17. The third-order valence-electron chi connectivity index (χ3n) is 4.36. The molecule has 1 N–H and O–H groups in total. The van der Waals surface area contributed by atoms with Crippen molar-refractivity contribution in [1.82, 2.24) is 18.9 Å². The Hall–Kier alpha value is -2.83. The molecule has 7 nitrogen and oxygen atoms in total. The van der Waals surface area contributed by atoms with Crippen LogP contribution in [0.3, 0.4) is 0 Å². The number of para-hydroxylation sites is 2. The monoisotopic (exact) mass is 355 g/mol. The van der Waals surface area contributed by atoms with Crippen molar-refractivity contribution < 1.29 is 4.79 Å². The van der Waals surface area contributed by atoms with E-state index in [0.29, 0.717) is 18.9 Å². The van der Waals surface area contributed by atoms with Crippen LogP contribution >= 0.6 is 0 Å². The van der Waals surface area contributed by atoms with E-state index in [-0.39, 0.29) is 24.1 Å². The van der Waals surface area contributed by atoms with E-state index in [9.17, 15) is 9.59 Å². The summed E-state index contributed by atoms with van der Waals surface area (Å²) in [4.78, 5) is 25.1. The number of aromatic nitrogens is 4. The van der Waals surface area contributed by atoms with Gasteiger partial charge in [-0.05, 0) is 32.4 Å². The van der Waals surface area contributed by atoms with Crippen molar-refractivity contribution in [3.05, 3.63) is 47.0 Å². The molecule has 0 aliphatic carbocycles. The molecule has 0 atom stereocenters. The second kappa shape index (κ2) is 7.59. The number of fused-ring (bicyclic) bond motifs is 1. The number of benzene rings is 1. The third-order valence-corrected chi connectivity index (χ3v) is 4.36. The van der Waals surface area contributed by atoms with Crippen molar-refractivity contribution in [1.29, 1.82) is 0 Å². The maximum absolute atomic E-state index is 12.7. The number of hydrogen-bond donors (Lipinski definition) is 1. The largest absolute Gasteiger partial charge is 0.329 e. The zero-order valence-corrected chi connectivity index (χ0v) is 15.5.